The smallest absolute Gasteiger partial charge is 0.242 e. The summed E-state index contributed by atoms with van der Waals surface area (Å²) in [6.07, 6.45) is 3.26. The van der Waals surface area contributed by atoms with Crippen molar-refractivity contribution in [1.82, 2.24) is 9.80 Å². The minimum atomic E-state index is -0.425. The molecule has 4 rings (SSSR count). The van der Waals surface area contributed by atoms with Gasteiger partial charge in [-0.15, -0.1) is 11.3 Å². The minimum Gasteiger partial charge on any atom is -0.488 e. The maximum atomic E-state index is 14.1. The van der Waals surface area contributed by atoms with Crippen LogP contribution >= 0.6 is 11.3 Å². The molecule has 1 atom stereocenters. The van der Waals surface area contributed by atoms with E-state index in [-0.39, 0.29) is 42.7 Å². The molecule has 6 nitrogen and oxygen atoms in total. The third-order valence-corrected chi connectivity index (χ3v) is 6.99. The molecular weight excluding hydrogens is 431 g/mol. The highest BCUT2D eigenvalue weighted by molar-refractivity contribution is 7.10. The lowest BCUT2D eigenvalue weighted by atomic mass is 10.0. The van der Waals surface area contributed by atoms with E-state index in [9.17, 15) is 14.0 Å². The number of hydrogen-bond donors (Lipinski definition) is 0. The standard InChI is InChI=1S/C24H29FN2O4S/c1-30-13-4-11-26(24(29)17-7-8-17)15-23(28)27-12-9-22-18(10-14-32-22)20(27)16-31-21-6-3-2-5-19(21)25/h2-3,5-6,10,14,17,20H,4,7-9,11-13,15-16H2,1H3/t20-/m1/s1. The summed E-state index contributed by atoms with van der Waals surface area (Å²) in [7, 11) is 1.63. The SMILES string of the molecule is COCCCN(CC(=O)N1CCc2sccc2[C@H]1COc1ccccc1F)C(=O)C1CC1. The molecule has 1 fully saturated rings. The summed E-state index contributed by atoms with van der Waals surface area (Å²) in [6.45, 7) is 1.82. The monoisotopic (exact) mass is 460 g/mol. The molecule has 2 aromatic rings. The molecule has 8 heteroatoms. The van der Waals surface area contributed by atoms with Gasteiger partial charge in [-0.05, 0) is 54.8 Å². The number of nitrogens with zero attached hydrogens (tertiary/aromatic N) is 2. The summed E-state index contributed by atoms with van der Waals surface area (Å²) in [5.41, 5.74) is 1.05. The van der Waals surface area contributed by atoms with Gasteiger partial charge in [-0.2, -0.15) is 0 Å². The third kappa shape index (κ3) is 5.30. The molecule has 0 saturated heterocycles. The topological polar surface area (TPSA) is 59.1 Å². The van der Waals surface area contributed by atoms with Crippen molar-refractivity contribution in [1.29, 1.82) is 0 Å². The molecule has 0 bridgehead atoms. The van der Waals surface area contributed by atoms with Crippen LogP contribution in [0.25, 0.3) is 0 Å². The number of ether oxygens (including phenoxy) is 2. The van der Waals surface area contributed by atoms with Gasteiger partial charge in [-0.25, -0.2) is 4.39 Å². The van der Waals surface area contributed by atoms with Crippen molar-refractivity contribution < 1.29 is 23.5 Å². The number of para-hydroxylation sites is 1. The number of hydrogen-bond acceptors (Lipinski definition) is 5. The van der Waals surface area contributed by atoms with Gasteiger partial charge in [0.25, 0.3) is 0 Å². The Balaban J connectivity index is 1.48. The van der Waals surface area contributed by atoms with Crippen LogP contribution in [0.4, 0.5) is 4.39 Å². The number of benzene rings is 1. The zero-order chi connectivity index (χ0) is 22.5. The van der Waals surface area contributed by atoms with E-state index in [0.29, 0.717) is 26.1 Å². The van der Waals surface area contributed by atoms with E-state index in [0.717, 1.165) is 24.8 Å². The van der Waals surface area contributed by atoms with Crippen molar-refractivity contribution >= 4 is 23.2 Å². The lowest BCUT2D eigenvalue weighted by Gasteiger charge is -2.37. The maximum absolute atomic E-state index is 14.1. The highest BCUT2D eigenvalue weighted by Gasteiger charge is 2.37. The Morgan fingerprint density at radius 3 is 2.81 bits per heavy atom. The predicted molar refractivity (Wildman–Crippen MR) is 120 cm³/mol. The number of halogens is 1. The van der Waals surface area contributed by atoms with Crippen LogP contribution in [-0.4, -0.2) is 61.6 Å². The normalized spacial score (nSPS) is 17.7. The number of thiophene rings is 1. The lowest BCUT2D eigenvalue weighted by molar-refractivity contribution is -0.143. The van der Waals surface area contributed by atoms with Crippen LogP contribution in [0.2, 0.25) is 0 Å². The third-order valence-electron chi connectivity index (χ3n) is 5.99. The fraction of sp³-hybridized carbons (Fsp3) is 0.500. The molecule has 1 aliphatic carbocycles. The molecular formula is C24H29FN2O4S. The average Bonchev–Trinajstić information content (AvgIpc) is 3.54. The second-order valence-corrected chi connectivity index (χ2v) is 9.27. The summed E-state index contributed by atoms with van der Waals surface area (Å²) in [4.78, 5) is 30.8. The first-order valence-electron chi connectivity index (χ1n) is 11.1. The zero-order valence-electron chi connectivity index (χ0n) is 18.3. The van der Waals surface area contributed by atoms with Gasteiger partial charge in [0.05, 0.1) is 12.6 Å². The second kappa shape index (κ2) is 10.4. The van der Waals surface area contributed by atoms with Crippen LogP contribution in [-0.2, 0) is 20.7 Å². The van der Waals surface area contributed by atoms with Crippen LogP contribution in [0.3, 0.4) is 0 Å². The van der Waals surface area contributed by atoms with Crippen LogP contribution in [0, 0.1) is 11.7 Å². The second-order valence-electron chi connectivity index (χ2n) is 8.27. The van der Waals surface area contributed by atoms with E-state index in [2.05, 4.69) is 0 Å². The number of rotatable bonds is 10. The van der Waals surface area contributed by atoms with Crippen molar-refractivity contribution in [2.75, 3.05) is 40.0 Å². The Hall–Kier alpha value is -2.45. The van der Waals surface area contributed by atoms with Gasteiger partial charge in [0.2, 0.25) is 11.8 Å². The van der Waals surface area contributed by atoms with E-state index in [1.807, 2.05) is 11.4 Å². The summed E-state index contributed by atoms with van der Waals surface area (Å²) in [5.74, 6) is -0.244. The molecule has 1 aromatic carbocycles. The Morgan fingerprint density at radius 1 is 1.25 bits per heavy atom. The van der Waals surface area contributed by atoms with Crippen molar-refractivity contribution in [3.63, 3.8) is 0 Å². The molecule has 2 aliphatic rings. The highest BCUT2D eigenvalue weighted by Crippen LogP contribution is 2.35. The first-order chi connectivity index (χ1) is 15.6. The molecule has 0 spiro atoms. The van der Waals surface area contributed by atoms with Crippen LogP contribution < -0.4 is 4.74 Å². The van der Waals surface area contributed by atoms with Crippen molar-refractivity contribution in [2.24, 2.45) is 5.92 Å². The van der Waals surface area contributed by atoms with Crippen molar-refractivity contribution in [3.8, 4) is 5.75 Å². The van der Waals surface area contributed by atoms with E-state index in [1.165, 1.54) is 10.9 Å². The molecule has 0 N–H and O–H groups in total. The van der Waals surface area contributed by atoms with Gasteiger partial charge in [0, 0.05) is 37.6 Å². The Kier molecular flexibility index (Phi) is 7.42. The maximum Gasteiger partial charge on any atom is 0.242 e. The first-order valence-corrected chi connectivity index (χ1v) is 12.0. The summed E-state index contributed by atoms with van der Waals surface area (Å²) in [5, 5.41) is 2.02. The zero-order valence-corrected chi connectivity index (χ0v) is 19.1. The largest absolute Gasteiger partial charge is 0.488 e. The summed E-state index contributed by atoms with van der Waals surface area (Å²) in [6, 6.07) is 7.99. The van der Waals surface area contributed by atoms with E-state index in [4.69, 9.17) is 9.47 Å². The van der Waals surface area contributed by atoms with E-state index in [1.54, 1.807) is 46.4 Å². The number of carbonyl (C=O) groups is 2. The first kappa shape index (κ1) is 22.7. The molecule has 1 saturated carbocycles. The van der Waals surface area contributed by atoms with Crippen molar-refractivity contribution in [2.45, 2.75) is 31.7 Å². The van der Waals surface area contributed by atoms with E-state index >= 15 is 0 Å². The molecule has 2 heterocycles. The molecule has 2 amide bonds. The molecule has 1 aromatic heterocycles. The fourth-order valence-electron chi connectivity index (χ4n) is 4.11. The number of amides is 2. The molecule has 32 heavy (non-hydrogen) atoms. The Bertz CT molecular complexity index is 946. The fourth-order valence-corrected chi connectivity index (χ4v) is 5.04. The summed E-state index contributed by atoms with van der Waals surface area (Å²) < 4.78 is 25.0. The van der Waals surface area contributed by atoms with E-state index < -0.39 is 5.82 Å². The van der Waals surface area contributed by atoms with Crippen LogP contribution in [0.5, 0.6) is 5.75 Å². The van der Waals surface area contributed by atoms with Crippen LogP contribution in [0.15, 0.2) is 35.7 Å². The van der Waals surface area contributed by atoms with Gasteiger partial charge in [-0.1, -0.05) is 12.1 Å². The van der Waals surface area contributed by atoms with Gasteiger partial charge in [0.15, 0.2) is 11.6 Å². The number of methoxy groups -OCH3 is 1. The average molecular weight is 461 g/mol. The quantitative estimate of drug-likeness (QED) is 0.508. The Morgan fingerprint density at radius 2 is 2.06 bits per heavy atom. The molecule has 1 aliphatic heterocycles. The number of fused-ring (bicyclic) bond motifs is 1. The minimum absolute atomic E-state index is 0.0503. The predicted octanol–water partition coefficient (Wildman–Crippen LogP) is 3.67. The highest BCUT2D eigenvalue weighted by atomic mass is 32.1. The van der Waals surface area contributed by atoms with Gasteiger partial charge in [0.1, 0.15) is 6.61 Å². The Labute approximate surface area is 191 Å². The summed E-state index contributed by atoms with van der Waals surface area (Å²) >= 11 is 1.67. The molecule has 172 valence electrons. The lowest BCUT2D eigenvalue weighted by Crippen LogP contribution is -2.48. The van der Waals surface area contributed by atoms with Crippen molar-refractivity contribution in [3.05, 3.63) is 52.0 Å². The molecule has 0 unspecified atom stereocenters. The van der Waals surface area contributed by atoms with Gasteiger partial charge < -0.3 is 19.3 Å². The van der Waals surface area contributed by atoms with Crippen LogP contribution in [0.1, 0.15) is 35.7 Å². The van der Waals surface area contributed by atoms with Gasteiger partial charge in [-0.3, -0.25) is 9.59 Å². The number of carbonyl (C=O) groups excluding carboxylic acids is 2. The molecule has 0 radical (unpaired) electrons. The van der Waals surface area contributed by atoms with Gasteiger partial charge >= 0.3 is 0 Å².